The predicted molar refractivity (Wildman–Crippen MR) is 69.1 cm³/mol. The number of rotatable bonds is 4. The monoisotopic (exact) mass is 307 g/mol. The fraction of sp³-hybridized carbons (Fsp3) is 0.333. The van der Waals surface area contributed by atoms with Crippen molar-refractivity contribution in [3.05, 3.63) is 34.3 Å². The third-order valence-corrected chi connectivity index (χ3v) is 2.67. The van der Waals surface area contributed by atoms with Gasteiger partial charge in [-0.1, -0.05) is 41.9 Å². The van der Waals surface area contributed by atoms with Gasteiger partial charge in [0.05, 0.1) is 0 Å². The molecule has 0 saturated carbocycles. The van der Waals surface area contributed by atoms with Crippen LogP contribution < -0.4 is 29.6 Å². The zero-order chi connectivity index (χ0) is 12.1. The number of aliphatic imine (C=N–C) groups is 1. The van der Waals surface area contributed by atoms with Gasteiger partial charge >= 0.3 is 35.5 Å². The van der Waals surface area contributed by atoms with Gasteiger partial charge < -0.3 is 6.53 Å². The molecule has 1 aromatic rings. The van der Waals surface area contributed by atoms with Gasteiger partial charge in [-0.3, -0.25) is 4.99 Å². The molecule has 0 amide bonds. The van der Waals surface area contributed by atoms with Crippen LogP contribution in [0.25, 0.3) is 0 Å². The Bertz CT molecular complexity index is 396. The largest absolute Gasteiger partial charge is 1.00 e. The molecule has 1 atom stereocenters. The summed E-state index contributed by atoms with van der Waals surface area (Å²) < 4.78 is 0.989. The van der Waals surface area contributed by atoms with Crippen molar-refractivity contribution in [1.29, 1.82) is 0 Å². The van der Waals surface area contributed by atoms with Gasteiger partial charge in [0.1, 0.15) is 6.04 Å². The molecular formula is C12H15BrNNaO2. The van der Waals surface area contributed by atoms with Crippen LogP contribution >= 0.6 is 15.9 Å². The zero-order valence-electron chi connectivity index (χ0n) is 11.2. The number of carboxylic acids is 1. The van der Waals surface area contributed by atoms with Crippen molar-refractivity contribution in [3.63, 3.8) is 0 Å². The molecule has 0 aliphatic carbocycles. The first-order valence-corrected chi connectivity index (χ1v) is 5.81. The topological polar surface area (TPSA) is 49.7 Å². The third-order valence-electron chi connectivity index (χ3n) is 2.14. The molecule has 0 fully saturated rings. The molecule has 1 unspecified atom stereocenters. The molecule has 3 nitrogen and oxygen atoms in total. The smallest absolute Gasteiger partial charge is 1.00 e. The van der Waals surface area contributed by atoms with E-state index in [1.54, 1.807) is 6.21 Å². The van der Waals surface area contributed by atoms with Crippen LogP contribution in [0.15, 0.2) is 33.7 Å². The van der Waals surface area contributed by atoms with Gasteiger partial charge in [0, 0.05) is 10.7 Å². The summed E-state index contributed by atoms with van der Waals surface area (Å²) in [6.07, 6.45) is 1.60. The Kier molecular flexibility index (Phi) is 7.96. The molecule has 0 aliphatic heterocycles. The normalized spacial score (nSPS) is 12.5. The van der Waals surface area contributed by atoms with Gasteiger partial charge in [0.15, 0.2) is 0 Å². The molecule has 1 rings (SSSR count). The second kappa shape index (κ2) is 8.03. The third kappa shape index (κ3) is 5.82. The van der Waals surface area contributed by atoms with E-state index in [9.17, 15) is 4.79 Å². The number of benzene rings is 1. The number of nitrogens with zero attached hydrogens (tertiary/aromatic N) is 1. The molecule has 1 N–H and O–H groups in total. The van der Waals surface area contributed by atoms with Crippen molar-refractivity contribution in [2.45, 2.75) is 19.9 Å². The van der Waals surface area contributed by atoms with Gasteiger partial charge in [-0.25, -0.2) is 4.79 Å². The summed E-state index contributed by atoms with van der Waals surface area (Å²) in [6.45, 7) is 3.69. The molecule has 0 aliphatic rings. The van der Waals surface area contributed by atoms with E-state index in [4.69, 9.17) is 5.11 Å². The molecule has 0 aromatic heterocycles. The average Bonchev–Trinajstić information content (AvgIpc) is 2.20. The number of hydrogen-bond acceptors (Lipinski definition) is 2. The van der Waals surface area contributed by atoms with Gasteiger partial charge in [-0.15, -0.1) is 0 Å². The van der Waals surface area contributed by atoms with E-state index in [1.165, 1.54) is 0 Å². The minimum Gasteiger partial charge on any atom is -1.00 e. The molecule has 0 heterocycles. The summed E-state index contributed by atoms with van der Waals surface area (Å²) >= 11 is 3.33. The van der Waals surface area contributed by atoms with Crippen LogP contribution in [0.4, 0.5) is 0 Å². The van der Waals surface area contributed by atoms with Crippen molar-refractivity contribution < 1.29 is 40.9 Å². The molecule has 17 heavy (non-hydrogen) atoms. The zero-order valence-corrected chi connectivity index (χ0v) is 13.8. The second-order valence-corrected chi connectivity index (χ2v) is 4.77. The van der Waals surface area contributed by atoms with E-state index >= 15 is 0 Å². The Morgan fingerprint density at radius 1 is 1.41 bits per heavy atom. The number of carbonyl (C=O) groups is 1. The molecule has 0 saturated heterocycles. The Morgan fingerprint density at radius 3 is 2.35 bits per heavy atom. The first-order valence-electron chi connectivity index (χ1n) is 5.02. The Labute approximate surface area is 133 Å². The summed E-state index contributed by atoms with van der Waals surface area (Å²) in [5, 5.41) is 8.94. The fourth-order valence-corrected chi connectivity index (χ4v) is 1.50. The minimum absolute atomic E-state index is 0. The Morgan fingerprint density at radius 2 is 1.94 bits per heavy atom. The van der Waals surface area contributed by atoms with Crippen molar-refractivity contribution in [3.8, 4) is 0 Å². The predicted octanol–water partition coefficient (Wildman–Crippen LogP) is 0.0937. The van der Waals surface area contributed by atoms with E-state index in [0.29, 0.717) is 0 Å². The average molecular weight is 308 g/mol. The molecule has 0 spiro atoms. The summed E-state index contributed by atoms with van der Waals surface area (Å²) in [6, 6.07) is 6.88. The van der Waals surface area contributed by atoms with Crippen LogP contribution in [0.2, 0.25) is 0 Å². The number of halogens is 1. The van der Waals surface area contributed by atoms with E-state index in [1.807, 2.05) is 38.1 Å². The van der Waals surface area contributed by atoms with Crippen molar-refractivity contribution in [2.75, 3.05) is 0 Å². The van der Waals surface area contributed by atoms with Gasteiger partial charge in [-0.2, -0.15) is 0 Å². The number of hydrogen-bond donors (Lipinski definition) is 1. The van der Waals surface area contributed by atoms with Crippen molar-refractivity contribution >= 4 is 28.1 Å². The van der Waals surface area contributed by atoms with E-state index < -0.39 is 12.0 Å². The molecule has 1 aromatic carbocycles. The molecule has 88 valence electrons. The number of carboxylic acid groups (broad SMARTS) is 1. The van der Waals surface area contributed by atoms with Crippen LogP contribution in [-0.2, 0) is 4.79 Å². The number of aliphatic carboxylic acids is 1. The fourth-order valence-electron chi connectivity index (χ4n) is 1.24. The molecular weight excluding hydrogens is 293 g/mol. The SMILES string of the molecule is CC(C)C(N=Cc1ccc(Br)cc1)C(=O)O.[H-].[Na+]. The standard InChI is InChI=1S/C12H14BrNO2.Na.H/c1-8(2)11(12(15)16)14-7-9-3-5-10(13)6-4-9;;/h3-8,11H,1-2H3,(H,15,16);;/q;+1;-1. The van der Waals surface area contributed by atoms with E-state index in [0.717, 1.165) is 10.0 Å². The molecule has 0 radical (unpaired) electrons. The maximum atomic E-state index is 10.9. The quantitative estimate of drug-likeness (QED) is 0.633. The van der Waals surface area contributed by atoms with E-state index in [2.05, 4.69) is 20.9 Å². The first kappa shape index (κ1) is 16.8. The van der Waals surface area contributed by atoms with Crippen LogP contribution in [0.5, 0.6) is 0 Å². The Hall–Kier alpha value is -0.160. The maximum absolute atomic E-state index is 10.9. The van der Waals surface area contributed by atoms with Crippen molar-refractivity contribution in [2.24, 2.45) is 10.9 Å². The first-order chi connectivity index (χ1) is 7.50. The maximum Gasteiger partial charge on any atom is 1.00 e. The van der Waals surface area contributed by atoms with Crippen LogP contribution in [0.1, 0.15) is 20.8 Å². The van der Waals surface area contributed by atoms with Crippen LogP contribution in [0.3, 0.4) is 0 Å². The minimum atomic E-state index is -0.886. The summed E-state index contributed by atoms with van der Waals surface area (Å²) in [4.78, 5) is 15.0. The van der Waals surface area contributed by atoms with E-state index in [-0.39, 0.29) is 36.9 Å². The van der Waals surface area contributed by atoms with Gasteiger partial charge in [0.25, 0.3) is 0 Å². The Balaban J connectivity index is 0. The second-order valence-electron chi connectivity index (χ2n) is 3.86. The molecule has 5 heteroatoms. The van der Waals surface area contributed by atoms with Crippen molar-refractivity contribution in [1.82, 2.24) is 0 Å². The van der Waals surface area contributed by atoms with Gasteiger partial charge in [0.2, 0.25) is 0 Å². The summed E-state index contributed by atoms with van der Waals surface area (Å²) in [7, 11) is 0. The van der Waals surface area contributed by atoms with Crippen LogP contribution in [0, 0.1) is 5.92 Å². The summed E-state index contributed by atoms with van der Waals surface area (Å²) in [5.74, 6) is -0.896. The molecule has 0 bridgehead atoms. The van der Waals surface area contributed by atoms with Crippen LogP contribution in [-0.4, -0.2) is 23.3 Å². The summed E-state index contributed by atoms with van der Waals surface area (Å²) in [5.41, 5.74) is 0.898. The van der Waals surface area contributed by atoms with Gasteiger partial charge in [-0.05, 0) is 23.6 Å².